The van der Waals surface area contributed by atoms with Crippen molar-refractivity contribution in [1.82, 2.24) is 0 Å². The lowest BCUT2D eigenvalue weighted by Gasteiger charge is -2.07. The summed E-state index contributed by atoms with van der Waals surface area (Å²) in [4.78, 5) is 0. The highest BCUT2D eigenvalue weighted by atomic mass is 16.3. The van der Waals surface area contributed by atoms with E-state index in [-0.39, 0.29) is 0 Å². The minimum atomic E-state index is 0.462. The Morgan fingerprint density at radius 3 is 0.923 bits per heavy atom. The summed E-state index contributed by atoms with van der Waals surface area (Å²) in [5, 5.41) is 24.7. The van der Waals surface area contributed by atoms with E-state index in [9.17, 15) is 0 Å². The molecule has 5 nitrogen and oxygen atoms in total. The average molecular weight is 1680 g/mol. The third-order valence-electron chi connectivity index (χ3n) is 26.2. The highest BCUT2D eigenvalue weighted by Crippen LogP contribution is 2.45. The first-order valence-electron chi connectivity index (χ1n) is 45.7. The smallest absolute Gasteiger partial charge is 0.143 e. The summed E-state index contributed by atoms with van der Waals surface area (Å²) < 4.78 is 30.9. The van der Waals surface area contributed by atoms with Gasteiger partial charge in [-0.2, -0.15) is 0 Å². The van der Waals surface area contributed by atoms with Gasteiger partial charge in [-0.1, -0.05) is 348 Å². The van der Waals surface area contributed by atoms with Crippen LogP contribution in [0.25, 0.3) is 219 Å². The van der Waals surface area contributed by atoms with Crippen molar-refractivity contribution in [3.63, 3.8) is 0 Å². The van der Waals surface area contributed by atoms with Gasteiger partial charge in [0, 0.05) is 65.0 Å². The van der Waals surface area contributed by atoms with Gasteiger partial charge in [0.1, 0.15) is 55.8 Å². The third kappa shape index (κ3) is 15.8. The van der Waals surface area contributed by atoms with E-state index in [2.05, 4.69) is 464 Å². The molecule has 0 atom stereocenters. The Bertz CT molecular complexity index is 8590. The van der Waals surface area contributed by atoms with Gasteiger partial charge in [0.2, 0.25) is 0 Å². The molecule has 0 N–H and O–H groups in total. The Morgan fingerprint density at radius 2 is 0.454 bits per heavy atom. The molecule has 20 aromatic carbocycles. The second-order valence-corrected chi connectivity index (χ2v) is 36.3. The van der Waals surface area contributed by atoms with Crippen LogP contribution in [0.2, 0.25) is 0 Å². The molecule has 5 heteroatoms. The van der Waals surface area contributed by atoms with Gasteiger partial charge in [-0.25, -0.2) is 0 Å². The van der Waals surface area contributed by atoms with Gasteiger partial charge in [0.05, 0.1) is 0 Å². The van der Waals surface area contributed by atoms with E-state index in [1.54, 1.807) is 0 Å². The van der Waals surface area contributed by atoms with Crippen molar-refractivity contribution in [1.29, 1.82) is 0 Å². The minimum absolute atomic E-state index is 0.462. The van der Waals surface area contributed by atoms with E-state index in [1.165, 1.54) is 180 Å². The second-order valence-electron chi connectivity index (χ2n) is 36.3. The zero-order valence-electron chi connectivity index (χ0n) is 75.0. The Balaban J connectivity index is 0.0000000983. The van der Waals surface area contributed by atoms with Crippen LogP contribution in [0, 0.1) is 0 Å². The molecule has 0 aliphatic rings. The molecule has 0 aliphatic heterocycles. The summed E-state index contributed by atoms with van der Waals surface area (Å²) >= 11 is 0. The number of benzene rings is 20. The number of para-hydroxylation sites is 2. The molecule has 0 aliphatic carbocycles. The van der Waals surface area contributed by atoms with Crippen LogP contribution < -0.4 is 0 Å². The normalized spacial score (nSPS) is 11.8. The first-order valence-corrected chi connectivity index (χ1v) is 45.7. The molecular formula is C125H100O5. The fourth-order valence-corrected chi connectivity index (χ4v) is 18.9. The maximum Gasteiger partial charge on any atom is 0.143 e. The molecule has 5 heterocycles. The number of fused-ring (bicyclic) bond motifs is 20. The molecule has 5 aromatic heterocycles. The molecule has 0 saturated heterocycles. The molecule has 25 rings (SSSR count). The van der Waals surface area contributed by atoms with Crippen molar-refractivity contribution in [3.8, 4) is 55.6 Å². The standard InChI is InChI=1S/5C25H20O/c1-16(2)20-9-6-12-23-24(20)22-11-5-10-21(25(22)26-23)19-14-13-17-7-3-4-8-18(17)15-19;1-16(2)18-12-13-23-22(15-18)25-21(8-5-9-24(25)26-23)20-11-10-17-6-3-4-7-19(17)14-20;1-16(2)18-12-13-24-23(15-18)22-9-5-8-21(25(22)26-24)20-11-10-17-6-3-4-7-19(17)14-20;1-16(2)18-10-12-24-23(14-18)22-11-9-21(15-25(22)26-24)20-8-7-17-5-3-4-6-19(17)13-20;1-16(2)18-9-11-24-22(14-18)23-15-21(10-12-25(23)26-24)20-8-7-17-5-3-4-6-19(17)13-20/h5*3-16H,1-2H3. The summed E-state index contributed by atoms with van der Waals surface area (Å²) in [5.74, 6) is 2.49. The van der Waals surface area contributed by atoms with Crippen LogP contribution in [0.4, 0.5) is 0 Å². The molecule has 0 spiro atoms. The number of furan rings is 5. The molecule has 0 saturated carbocycles. The summed E-state index contributed by atoms with van der Waals surface area (Å²) in [6, 6.07) is 140. The summed E-state index contributed by atoms with van der Waals surface area (Å²) in [7, 11) is 0. The predicted molar refractivity (Wildman–Crippen MR) is 554 cm³/mol. The molecule has 130 heavy (non-hydrogen) atoms. The van der Waals surface area contributed by atoms with E-state index in [0.717, 1.165) is 67.0 Å². The topological polar surface area (TPSA) is 65.7 Å². The van der Waals surface area contributed by atoms with Crippen molar-refractivity contribution >= 4 is 164 Å². The quantitative estimate of drug-likeness (QED) is 0.137. The van der Waals surface area contributed by atoms with E-state index in [4.69, 9.17) is 22.1 Å². The zero-order valence-corrected chi connectivity index (χ0v) is 75.0. The maximum atomic E-state index is 6.34. The Morgan fingerprint density at radius 1 is 0.154 bits per heavy atom. The van der Waals surface area contributed by atoms with Crippen LogP contribution in [-0.2, 0) is 0 Å². The summed E-state index contributed by atoms with van der Waals surface area (Å²) in [5.41, 5.74) is 28.3. The molecule has 0 fully saturated rings. The van der Waals surface area contributed by atoms with Crippen LogP contribution in [0.1, 0.15) is 127 Å². The van der Waals surface area contributed by atoms with Crippen molar-refractivity contribution in [2.24, 2.45) is 0 Å². The van der Waals surface area contributed by atoms with Crippen molar-refractivity contribution in [3.05, 3.63) is 422 Å². The van der Waals surface area contributed by atoms with Crippen LogP contribution >= 0.6 is 0 Å². The highest BCUT2D eigenvalue weighted by Gasteiger charge is 2.21. The summed E-state index contributed by atoms with van der Waals surface area (Å²) in [6.45, 7) is 22.3. The van der Waals surface area contributed by atoms with Crippen molar-refractivity contribution in [2.45, 2.75) is 98.8 Å². The lowest BCUT2D eigenvalue weighted by molar-refractivity contribution is 0.668. The van der Waals surface area contributed by atoms with Crippen LogP contribution in [0.3, 0.4) is 0 Å². The monoisotopic (exact) mass is 1680 g/mol. The zero-order chi connectivity index (χ0) is 88.4. The van der Waals surface area contributed by atoms with Gasteiger partial charge in [0.15, 0.2) is 0 Å². The first kappa shape index (κ1) is 81.7. The molecule has 0 radical (unpaired) electrons. The molecule has 25 aromatic rings. The minimum Gasteiger partial charge on any atom is -0.456 e. The lowest BCUT2D eigenvalue weighted by Crippen LogP contribution is -1.87. The molecule has 630 valence electrons. The Labute approximate surface area is 757 Å². The molecular weight excluding hydrogens is 1580 g/mol. The van der Waals surface area contributed by atoms with E-state index < -0.39 is 0 Å². The third-order valence-corrected chi connectivity index (χ3v) is 26.2. The number of hydrogen-bond donors (Lipinski definition) is 0. The van der Waals surface area contributed by atoms with Gasteiger partial charge in [-0.3, -0.25) is 0 Å². The van der Waals surface area contributed by atoms with E-state index >= 15 is 0 Å². The van der Waals surface area contributed by atoms with E-state index in [1.807, 2.05) is 0 Å². The number of hydrogen-bond acceptors (Lipinski definition) is 5. The second kappa shape index (κ2) is 34.5. The van der Waals surface area contributed by atoms with Gasteiger partial charge < -0.3 is 22.1 Å². The molecule has 0 bridgehead atoms. The SMILES string of the molecule is CC(C)c1ccc2oc3c(-c4ccc5ccccc5c4)cccc3c2c1.CC(C)c1ccc2oc3cc(-c4ccc5ccccc5c4)ccc3c2c1.CC(C)c1ccc2oc3ccc(-c4ccc5ccccc5c4)cc3c2c1.CC(C)c1ccc2oc3cccc(-c4ccc5ccccc5c4)c3c2c1.CC(C)c1cccc2oc3c(-c4ccc5ccccc5c4)cccc3c12. The largest absolute Gasteiger partial charge is 0.456 e. The number of rotatable bonds is 10. The Kier molecular flexibility index (Phi) is 21.7. The lowest BCUT2D eigenvalue weighted by atomic mass is 9.95. The fourth-order valence-electron chi connectivity index (χ4n) is 18.9. The molecule has 0 unspecified atom stereocenters. The molecule has 0 amide bonds. The van der Waals surface area contributed by atoms with Crippen LogP contribution in [-0.4, -0.2) is 0 Å². The van der Waals surface area contributed by atoms with Crippen molar-refractivity contribution < 1.29 is 22.1 Å². The average Bonchev–Trinajstić information content (AvgIpc) is 1.60. The van der Waals surface area contributed by atoms with Gasteiger partial charge in [-0.05, 0) is 271 Å². The van der Waals surface area contributed by atoms with Crippen molar-refractivity contribution in [2.75, 3.05) is 0 Å². The van der Waals surface area contributed by atoms with Gasteiger partial charge >= 0.3 is 0 Å². The van der Waals surface area contributed by atoms with Gasteiger partial charge in [-0.15, -0.1) is 0 Å². The first-order chi connectivity index (χ1) is 63.5. The van der Waals surface area contributed by atoms with Gasteiger partial charge in [0.25, 0.3) is 0 Å². The fraction of sp³-hybridized carbons (Fsp3) is 0.120. The predicted octanol–water partition coefficient (Wildman–Crippen LogP) is 37.6. The van der Waals surface area contributed by atoms with Crippen LogP contribution in [0.5, 0.6) is 0 Å². The summed E-state index contributed by atoms with van der Waals surface area (Å²) in [6.07, 6.45) is 0. The highest BCUT2D eigenvalue weighted by molar-refractivity contribution is 6.16. The maximum absolute atomic E-state index is 6.34. The van der Waals surface area contributed by atoms with E-state index in [0.29, 0.717) is 29.6 Å². The Hall–Kier alpha value is -15.3. The van der Waals surface area contributed by atoms with Crippen LogP contribution in [0.15, 0.2) is 416 Å².